The molecule has 0 atom stereocenters. The number of amides is 1. The number of halogens is 3. The van der Waals surface area contributed by atoms with Gasteiger partial charge in [-0.2, -0.15) is 13.2 Å². The first-order chi connectivity index (χ1) is 20.2. The molecule has 42 heavy (non-hydrogen) atoms. The molecule has 0 saturated carbocycles. The minimum Gasteiger partial charge on any atom is -0.483 e. The summed E-state index contributed by atoms with van der Waals surface area (Å²) >= 11 is 0. The highest BCUT2D eigenvalue weighted by atomic mass is 19.4. The van der Waals surface area contributed by atoms with Crippen molar-refractivity contribution in [2.45, 2.75) is 26.1 Å². The number of rotatable bonds is 5. The first-order valence-electron chi connectivity index (χ1n) is 13.4. The number of carbonyl (C=O) groups excluding carboxylic acids is 1. The van der Waals surface area contributed by atoms with Crippen LogP contribution in [0.4, 0.5) is 24.8 Å². The Kier molecular flexibility index (Phi) is 10.1. The number of carboxylic acid groups (broad SMARTS) is 1. The third-order valence-electron chi connectivity index (χ3n) is 6.99. The average Bonchev–Trinajstić information content (AvgIpc) is 3.45. The van der Waals surface area contributed by atoms with Crippen molar-refractivity contribution >= 4 is 24.0 Å². The molecular weight excluding hydrogens is 549 g/mol. The highest BCUT2D eigenvalue weighted by Crippen LogP contribution is 2.33. The maximum absolute atomic E-state index is 13.9. The average molecular weight is 581 g/mol. The van der Waals surface area contributed by atoms with Gasteiger partial charge in [0.2, 0.25) is 0 Å². The monoisotopic (exact) mass is 580 g/mol. The third-order valence-corrected chi connectivity index (χ3v) is 6.99. The fourth-order valence-electron chi connectivity index (χ4n) is 4.78. The summed E-state index contributed by atoms with van der Waals surface area (Å²) in [6.45, 7) is 6.87. The molecule has 5 rings (SSSR count). The normalized spacial score (nSPS) is 14.9. The number of nitrogens with one attached hydrogen (secondary N) is 2. The van der Waals surface area contributed by atoms with Crippen molar-refractivity contribution in [1.29, 1.82) is 0 Å². The van der Waals surface area contributed by atoms with Crippen LogP contribution >= 0.6 is 0 Å². The molecule has 1 aromatic carbocycles. The Labute approximate surface area is 241 Å². The van der Waals surface area contributed by atoms with E-state index in [-0.39, 0.29) is 30.0 Å². The van der Waals surface area contributed by atoms with Gasteiger partial charge in [0.15, 0.2) is 0 Å². The summed E-state index contributed by atoms with van der Waals surface area (Å²) < 4.78 is 41.8. The van der Waals surface area contributed by atoms with E-state index in [1.165, 1.54) is 18.3 Å². The van der Waals surface area contributed by atoms with Gasteiger partial charge >= 0.3 is 6.18 Å². The predicted octanol–water partition coefficient (Wildman–Crippen LogP) is 3.95. The Balaban J connectivity index is 0.00000129. The lowest BCUT2D eigenvalue weighted by molar-refractivity contribution is -0.138. The molecule has 0 unspecified atom stereocenters. The molecule has 3 aromatic rings. The summed E-state index contributed by atoms with van der Waals surface area (Å²) in [6.07, 6.45) is -0.489. The van der Waals surface area contributed by atoms with Crippen LogP contribution in [0, 0.1) is 11.8 Å². The van der Waals surface area contributed by atoms with Crippen LogP contribution in [0.3, 0.4) is 0 Å². The maximum atomic E-state index is 13.9. The smallest absolute Gasteiger partial charge is 0.416 e. The molecule has 0 radical (unpaired) electrons. The predicted molar refractivity (Wildman–Crippen MR) is 152 cm³/mol. The fraction of sp³-hybridized carbons (Fsp3) is 0.333. The van der Waals surface area contributed by atoms with Crippen LogP contribution < -0.4 is 10.6 Å². The Bertz CT molecular complexity index is 1480. The van der Waals surface area contributed by atoms with Gasteiger partial charge in [-0.25, -0.2) is 9.97 Å². The second kappa shape index (κ2) is 13.9. The van der Waals surface area contributed by atoms with Gasteiger partial charge in [0.05, 0.1) is 5.56 Å². The summed E-state index contributed by atoms with van der Waals surface area (Å²) in [4.78, 5) is 34.0. The van der Waals surface area contributed by atoms with Gasteiger partial charge < -0.3 is 20.6 Å². The molecule has 3 N–H and O–H groups in total. The molecule has 2 aromatic heterocycles. The van der Waals surface area contributed by atoms with Crippen molar-refractivity contribution in [3.05, 3.63) is 82.2 Å². The molecular formula is C30H31F3N6O3. The molecule has 1 fully saturated rings. The second-order valence-corrected chi connectivity index (χ2v) is 9.73. The molecule has 220 valence electrons. The molecule has 4 heterocycles. The number of aromatic nitrogens is 2. The highest BCUT2D eigenvalue weighted by molar-refractivity contribution is 6.04. The minimum absolute atomic E-state index is 0.0852. The zero-order valence-electron chi connectivity index (χ0n) is 23.0. The largest absolute Gasteiger partial charge is 0.483 e. The van der Waals surface area contributed by atoms with Crippen molar-refractivity contribution in [2.75, 3.05) is 49.9 Å². The summed E-state index contributed by atoms with van der Waals surface area (Å²) in [7, 11) is 0. The molecule has 1 amide bonds. The van der Waals surface area contributed by atoms with Crippen LogP contribution in [0.25, 0.3) is 0 Å². The summed E-state index contributed by atoms with van der Waals surface area (Å²) in [5.41, 5.74) is 1.78. The Hall–Kier alpha value is -4.47. The Morgan fingerprint density at radius 2 is 1.79 bits per heavy atom. The van der Waals surface area contributed by atoms with Crippen molar-refractivity contribution in [3.63, 3.8) is 0 Å². The molecule has 2 aliphatic rings. The molecule has 0 bridgehead atoms. The van der Waals surface area contributed by atoms with Crippen LogP contribution in [0.2, 0.25) is 0 Å². The first-order valence-corrected chi connectivity index (χ1v) is 13.4. The summed E-state index contributed by atoms with van der Waals surface area (Å²) in [5, 5.41) is 12.7. The van der Waals surface area contributed by atoms with Crippen LogP contribution in [-0.4, -0.2) is 76.5 Å². The molecule has 1 saturated heterocycles. The molecule has 0 spiro atoms. The highest BCUT2D eigenvalue weighted by Gasteiger charge is 2.34. The van der Waals surface area contributed by atoms with Crippen LogP contribution in [0.15, 0.2) is 48.8 Å². The quantitative estimate of drug-likeness (QED) is 0.308. The number of likely N-dealkylation sites (N-methyl/N-ethyl adjacent to an activating group) is 1. The molecule has 0 aliphatic carbocycles. The lowest BCUT2D eigenvalue weighted by Gasteiger charge is -2.34. The first kappa shape index (κ1) is 30.5. The van der Waals surface area contributed by atoms with Crippen molar-refractivity contribution < 1.29 is 27.9 Å². The Morgan fingerprint density at radius 1 is 1.07 bits per heavy atom. The van der Waals surface area contributed by atoms with E-state index in [2.05, 4.69) is 44.3 Å². The standard InChI is InChI=1S/C29H29F3N6O.CH2O2/c1-2-37-11-13-38(14-12-37)19-24-6-5-23(17-25(24)29(30,31)32)28(39)36-26-16-20(7-9-33-26)3-4-21-15-22-8-10-34-27(22)35-18-21;2-1-3/h5-7,9,15-18H,2,8,10-14,19H2,1H3,(H,34,35)(H,33,36,39);1H,(H,2,3). The number of hydrogen-bond acceptors (Lipinski definition) is 7. The lowest BCUT2D eigenvalue weighted by Crippen LogP contribution is -2.45. The van der Waals surface area contributed by atoms with Gasteiger partial charge in [0.1, 0.15) is 11.6 Å². The van der Waals surface area contributed by atoms with E-state index in [1.807, 2.05) is 11.0 Å². The van der Waals surface area contributed by atoms with Crippen LogP contribution in [-0.2, 0) is 23.9 Å². The minimum atomic E-state index is -4.58. The van der Waals surface area contributed by atoms with Crippen molar-refractivity contribution in [1.82, 2.24) is 19.8 Å². The number of nitrogens with zero attached hydrogens (tertiary/aromatic N) is 4. The van der Waals surface area contributed by atoms with E-state index in [0.717, 1.165) is 55.6 Å². The van der Waals surface area contributed by atoms with Crippen LogP contribution in [0.5, 0.6) is 0 Å². The number of alkyl halides is 3. The SMILES string of the molecule is CCN1CCN(Cc2ccc(C(=O)Nc3cc(C#Cc4cnc5c(c4)CCN5)ccn3)cc2C(F)(F)F)CC1.O=CO. The molecule has 2 aliphatic heterocycles. The van der Waals surface area contributed by atoms with E-state index < -0.39 is 17.6 Å². The van der Waals surface area contributed by atoms with E-state index >= 15 is 0 Å². The topological polar surface area (TPSA) is 111 Å². The van der Waals surface area contributed by atoms with Gasteiger partial charge in [-0.3, -0.25) is 14.5 Å². The maximum Gasteiger partial charge on any atom is 0.416 e. The van der Waals surface area contributed by atoms with Crippen molar-refractivity contribution in [2.24, 2.45) is 0 Å². The van der Waals surface area contributed by atoms with Gasteiger partial charge in [-0.1, -0.05) is 24.8 Å². The summed E-state index contributed by atoms with van der Waals surface area (Å²) in [6, 6.07) is 9.03. The zero-order valence-corrected chi connectivity index (χ0v) is 23.0. The number of benzene rings is 1. The number of hydrogen-bond donors (Lipinski definition) is 3. The fourth-order valence-corrected chi connectivity index (χ4v) is 4.78. The van der Waals surface area contributed by atoms with E-state index in [1.54, 1.807) is 18.3 Å². The van der Waals surface area contributed by atoms with Gasteiger partial charge in [0.25, 0.3) is 12.4 Å². The molecule has 9 nitrogen and oxygen atoms in total. The van der Waals surface area contributed by atoms with Gasteiger partial charge in [0, 0.05) is 68.4 Å². The number of pyridine rings is 2. The van der Waals surface area contributed by atoms with E-state index in [9.17, 15) is 18.0 Å². The number of fused-ring (bicyclic) bond motifs is 1. The number of carbonyl (C=O) groups is 2. The zero-order chi connectivity index (χ0) is 30.1. The number of anilines is 2. The number of piperazine rings is 1. The second-order valence-electron chi connectivity index (χ2n) is 9.73. The van der Waals surface area contributed by atoms with Gasteiger partial charge in [-0.15, -0.1) is 0 Å². The van der Waals surface area contributed by atoms with Crippen molar-refractivity contribution in [3.8, 4) is 11.8 Å². The van der Waals surface area contributed by atoms with E-state index in [0.29, 0.717) is 18.7 Å². The van der Waals surface area contributed by atoms with E-state index in [4.69, 9.17) is 9.90 Å². The Morgan fingerprint density at radius 3 is 2.50 bits per heavy atom. The van der Waals surface area contributed by atoms with Crippen LogP contribution in [0.1, 0.15) is 45.1 Å². The summed E-state index contributed by atoms with van der Waals surface area (Å²) in [5.74, 6) is 6.50. The third kappa shape index (κ3) is 8.05. The molecule has 12 heteroatoms. The van der Waals surface area contributed by atoms with Gasteiger partial charge in [-0.05, 0) is 54.4 Å². The lowest BCUT2D eigenvalue weighted by atomic mass is 10.0.